The lowest BCUT2D eigenvalue weighted by Gasteiger charge is -2.25. The van der Waals surface area contributed by atoms with Crippen molar-refractivity contribution in [2.24, 2.45) is 0 Å². The highest BCUT2D eigenvalue weighted by Crippen LogP contribution is 2.34. The van der Waals surface area contributed by atoms with Crippen LogP contribution in [0.3, 0.4) is 0 Å². The van der Waals surface area contributed by atoms with E-state index in [4.69, 9.17) is 0 Å². The third kappa shape index (κ3) is 11.2. The van der Waals surface area contributed by atoms with E-state index < -0.39 is 0 Å². The zero-order chi connectivity index (χ0) is 29.1. The number of nitrogens with zero attached hydrogens (tertiary/aromatic N) is 1. The zero-order valence-electron chi connectivity index (χ0n) is 26.2. The van der Waals surface area contributed by atoms with E-state index in [1.165, 1.54) is 104 Å². The first-order valence-corrected chi connectivity index (χ1v) is 16.2. The highest BCUT2D eigenvalue weighted by atomic mass is 15.1. The van der Waals surface area contributed by atoms with Crippen molar-refractivity contribution in [3.8, 4) is 0 Å². The van der Waals surface area contributed by atoms with Gasteiger partial charge in [0.15, 0.2) is 0 Å². The highest BCUT2D eigenvalue weighted by Gasteiger charge is 2.12. The van der Waals surface area contributed by atoms with Gasteiger partial charge < -0.3 is 4.90 Å². The number of para-hydroxylation sites is 2. The van der Waals surface area contributed by atoms with Crippen molar-refractivity contribution in [1.29, 1.82) is 0 Å². The van der Waals surface area contributed by atoms with Crippen molar-refractivity contribution in [3.63, 3.8) is 0 Å². The summed E-state index contributed by atoms with van der Waals surface area (Å²) in [5, 5.41) is 0. The lowest BCUT2D eigenvalue weighted by Crippen LogP contribution is -2.09. The molecule has 4 rings (SSSR count). The predicted octanol–water partition coefficient (Wildman–Crippen LogP) is 12.6. The van der Waals surface area contributed by atoms with E-state index in [1.807, 2.05) is 0 Å². The fourth-order valence-electron chi connectivity index (χ4n) is 5.17. The van der Waals surface area contributed by atoms with Gasteiger partial charge in [-0.3, -0.25) is 0 Å². The molecule has 0 bridgehead atoms. The van der Waals surface area contributed by atoms with Crippen LogP contribution in [0.15, 0.2) is 109 Å². The number of hydrogen-bond acceptors (Lipinski definition) is 1. The summed E-state index contributed by atoms with van der Waals surface area (Å²) >= 11 is 0. The largest absolute Gasteiger partial charge is 0.311 e. The van der Waals surface area contributed by atoms with E-state index >= 15 is 0 Å². The SMILES string of the molecule is CCC(C)c1ccc(N(c2ccccc2)c2ccccc2)cc1.CCCCCCc1ccc(CCCCCC)cc1. The van der Waals surface area contributed by atoms with E-state index in [0.717, 1.165) is 0 Å². The minimum atomic E-state index is 0.603. The van der Waals surface area contributed by atoms with E-state index in [9.17, 15) is 0 Å². The molecule has 0 heterocycles. The molecule has 0 N–H and O–H groups in total. The van der Waals surface area contributed by atoms with Gasteiger partial charge in [0.2, 0.25) is 0 Å². The van der Waals surface area contributed by atoms with Gasteiger partial charge in [0.25, 0.3) is 0 Å². The van der Waals surface area contributed by atoms with E-state index in [1.54, 1.807) is 0 Å². The van der Waals surface area contributed by atoms with Gasteiger partial charge in [-0.25, -0.2) is 0 Å². The lowest BCUT2D eigenvalue weighted by atomic mass is 9.98. The van der Waals surface area contributed by atoms with Crippen molar-refractivity contribution in [3.05, 3.63) is 126 Å². The highest BCUT2D eigenvalue weighted by molar-refractivity contribution is 5.76. The predicted molar refractivity (Wildman–Crippen MR) is 182 cm³/mol. The molecule has 0 aromatic heterocycles. The molecule has 4 aromatic carbocycles. The van der Waals surface area contributed by atoms with Crippen molar-refractivity contribution >= 4 is 17.1 Å². The molecule has 0 aliphatic heterocycles. The number of benzene rings is 4. The topological polar surface area (TPSA) is 3.24 Å². The molecular formula is C40H53N. The van der Waals surface area contributed by atoms with Gasteiger partial charge in [-0.15, -0.1) is 0 Å². The Morgan fingerprint density at radius 2 is 0.878 bits per heavy atom. The van der Waals surface area contributed by atoms with Crippen molar-refractivity contribution in [2.45, 2.75) is 104 Å². The second kappa shape index (κ2) is 18.9. The standard InChI is InChI=1S/C22H23N.C18H30/c1-3-18(2)19-14-16-22(17-15-19)23(20-10-6-4-7-11-20)21-12-8-5-9-13-21;1-3-5-7-9-11-17-13-15-18(16-14-17)12-10-8-6-4-2/h4-18H,3H2,1-2H3;13-16H,3-12H2,1-2H3. The number of hydrogen-bond donors (Lipinski definition) is 0. The van der Waals surface area contributed by atoms with E-state index in [-0.39, 0.29) is 0 Å². The average molecular weight is 548 g/mol. The molecule has 1 unspecified atom stereocenters. The molecular weight excluding hydrogens is 494 g/mol. The van der Waals surface area contributed by atoms with Gasteiger partial charge in [0, 0.05) is 17.1 Å². The smallest absolute Gasteiger partial charge is 0.0461 e. The fraction of sp³-hybridized carbons (Fsp3) is 0.400. The summed E-state index contributed by atoms with van der Waals surface area (Å²) in [5.41, 5.74) is 7.98. The summed E-state index contributed by atoms with van der Waals surface area (Å²) in [4.78, 5) is 2.29. The van der Waals surface area contributed by atoms with Gasteiger partial charge in [0.1, 0.15) is 0 Å². The van der Waals surface area contributed by atoms with Crippen LogP contribution in [-0.2, 0) is 12.8 Å². The Labute approximate surface area is 251 Å². The van der Waals surface area contributed by atoms with Crippen LogP contribution in [0.1, 0.15) is 108 Å². The van der Waals surface area contributed by atoms with Gasteiger partial charge in [-0.05, 0) is 91.1 Å². The van der Waals surface area contributed by atoms with Gasteiger partial charge in [-0.2, -0.15) is 0 Å². The maximum atomic E-state index is 2.33. The van der Waals surface area contributed by atoms with E-state index in [2.05, 4.69) is 142 Å². The Morgan fingerprint density at radius 1 is 0.463 bits per heavy atom. The summed E-state index contributed by atoms with van der Waals surface area (Å²) in [5.74, 6) is 0.603. The van der Waals surface area contributed by atoms with Gasteiger partial charge >= 0.3 is 0 Å². The van der Waals surface area contributed by atoms with Crippen molar-refractivity contribution in [1.82, 2.24) is 0 Å². The molecule has 0 spiro atoms. The molecule has 0 aliphatic rings. The van der Waals surface area contributed by atoms with Crippen molar-refractivity contribution in [2.75, 3.05) is 4.90 Å². The molecule has 0 radical (unpaired) electrons. The summed E-state index contributed by atoms with van der Waals surface area (Å²) in [6, 6.07) is 39.3. The molecule has 218 valence electrons. The molecule has 0 aliphatic carbocycles. The van der Waals surface area contributed by atoms with Crippen LogP contribution >= 0.6 is 0 Å². The third-order valence-electron chi connectivity index (χ3n) is 8.02. The fourth-order valence-corrected chi connectivity index (χ4v) is 5.17. The van der Waals surface area contributed by atoms with Crippen LogP contribution in [0.25, 0.3) is 0 Å². The Hall–Kier alpha value is -3.32. The van der Waals surface area contributed by atoms with Gasteiger partial charge in [-0.1, -0.05) is 139 Å². The molecule has 1 heteroatoms. The van der Waals surface area contributed by atoms with Crippen molar-refractivity contribution < 1.29 is 0 Å². The normalized spacial score (nSPS) is 11.4. The number of unbranched alkanes of at least 4 members (excludes halogenated alkanes) is 6. The lowest BCUT2D eigenvalue weighted by molar-refractivity contribution is 0.663. The second-order valence-corrected chi connectivity index (χ2v) is 11.3. The molecule has 1 nitrogen and oxygen atoms in total. The maximum Gasteiger partial charge on any atom is 0.0461 e. The van der Waals surface area contributed by atoms with Crippen LogP contribution in [0.2, 0.25) is 0 Å². The van der Waals surface area contributed by atoms with Crippen LogP contribution in [0, 0.1) is 0 Å². The molecule has 41 heavy (non-hydrogen) atoms. The number of rotatable bonds is 15. The molecule has 0 fully saturated rings. The Kier molecular flexibility index (Phi) is 14.9. The summed E-state index contributed by atoms with van der Waals surface area (Å²) in [6.45, 7) is 9.06. The third-order valence-corrected chi connectivity index (χ3v) is 8.02. The Balaban J connectivity index is 0.000000233. The minimum Gasteiger partial charge on any atom is -0.311 e. The summed E-state index contributed by atoms with van der Waals surface area (Å²) in [6.07, 6.45) is 14.6. The number of anilines is 3. The maximum absolute atomic E-state index is 2.33. The molecule has 4 aromatic rings. The molecule has 1 atom stereocenters. The minimum absolute atomic E-state index is 0.603. The van der Waals surface area contributed by atoms with Crippen LogP contribution in [0.5, 0.6) is 0 Å². The first-order chi connectivity index (χ1) is 20.2. The molecule has 0 saturated carbocycles. The zero-order valence-corrected chi connectivity index (χ0v) is 26.2. The molecule has 0 saturated heterocycles. The average Bonchev–Trinajstić information content (AvgIpc) is 3.03. The Morgan fingerprint density at radius 3 is 1.27 bits per heavy atom. The first kappa shape index (κ1) is 32.2. The Bertz CT molecular complexity index is 1110. The quantitative estimate of drug-likeness (QED) is 0.134. The van der Waals surface area contributed by atoms with Crippen LogP contribution in [-0.4, -0.2) is 0 Å². The summed E-state index contributed by atoms with van der Waals surface area (Å²) < 4.78 is 0. The first-order valence-electron chi connectivity index (χ1n) is 16.2. The van der Waals surface area contributed by atoms with Crippen LogP contribution in [0.4, 0.5) is 17.1 Å². The second-order valence-electron chi connectivity index (χ2n) is 11.3. The number of aryl methyl sites for hydroxylation is 2. The van der Waals surface area contributed by atoms with Crippen LogP contribution < -0.4 is 4.90 Å². The summed E-state index contributed by atoms with van der Waals surface area (Å²) in [7, 11) is 0. The van der Waals surface area contributed by atoms with Gasteiger partial charge in [0.05, 0.1) is 0 Å². The van der Waals surface area contributed by atoms with E-state index in [0.29, 0.717) is 5.92 Å². The monoisotopic (exact) mass is 547 g/mol. The molecule has 0 amide bonds.